The Labute approximate surface area is 266 Å². The first-order valence-corrected chi connectivity index (χ1v) is 16.0. The van der Waals surface area contributed by atoms with Crippen LogP contribution in [0.5, 0.6) is 0 Å². The Morgan fingerprint density at radius 3 is 1.35 bits per heavy atom. The Morgan fingerprint density at radius 1 is 0.239 bits per heavy atom. The van der Waals surface area contributed by atoms with Crippen molar-refractivity contribution < 1.29 is 0 Å². The maximum absolute atomic E-state index is 2.44. The molecule has 0 bridgehead atoms. The van der Waals surface area contributed by atoms with Crippen LogP contribution in [0.3, 0.4) is 0 Å². The van der Waals surface area contributed by atoms with Gasteiger partial charge in [0.05, 0.1) is 0 Å². The summed E-state index contributed by atoms with van der Waals surface area (Å²) in [5, 5.41) is 18.1. The van der Waals surface area contributed by atoms with Crippen molar-refractivity contribution in [3.8, 4) is 22.3 Å². The molecule has 46 heavy (non-hydrogen) atoms. The molecule has 0 spiro atoms. The lowest BCUT2D eigenvalue weighted by molar-refractivity contribution is 1.64. The Hall–Kier alpha value is -5.98. The molecule has 0 radical (unpaired) electrons. The van der Waals surface area contributed by atoms with Gasteiger partial charge in [0.15, 0.2) is 0 Å². The van der Waals surface area contributed by atoms with Crippen LogP contribution in [0, 0.1) is 0 Å². The third kappa shape index (κ3) is 3.62. The fraction of sp³-hybridized carbons (Fsp3) is 0. The van der Waals surface area contributed by atoms with Crippen LogP contribution in [0.15, 0.2) is 170 Å². The smallest absolute Gasteiger partial charge is 0.00139 e. The van der Waals surface area contributed by atoms with Gasteiger partial charge in [-0.2, -0.15) is 0 Å². The van der Waals surface area contributed by atoms with Gasteiger partial charge in [-0.1, -0.05) is 158 Å². The van der Waals surface area contributed by atoms with E-state index in [0.717, 1.165) is 0 Å². The molecule has 0 heterocycles. The van der Waals surface area contributed by atoms with Crippen molar-refractivity contribution in [2.45, 2.75) is 0 Å². The van der Waals surface area contributed by atoms with Crippen LogP contribution in [0.2, 0.25) is 0 Å². The molecule has 0 unspecified atom stereocenters. The highest BCUT2D eigenvalue weighted by Crippen LogP contribution is 2.46. The Balaban J connectivity index is 1.34. The minimum Gasteiger partial charge on any atom is -0.0616 e. The molecular formula is C46H28. The van der Waals surface area contributed by atoms with Gasteiger partial charge in [0.25, 0.3) is 0 Å². The first kappa shape index (κ1) is 25.4. The van der Waals surface area contributed by atoms with Gasteiger partial charge in [0.2, 0.25) is 0 Å². The van der Waals surface area contributed by atoms with Crippen molar-refractivity contribution in [1.29, 1.82) is 0 Å². The Bertz CT molecular complexity index is 2850. The summed E-state index contributed by atoms with van der Waals surface area (Å²) in [7, 11) is 0. The van der Waals surface area contributed by atoms with Crippen LogP contribution in [0.25, 0.3) is 97.7 Å². The molecule has 0 nitrogen and oxygen atoms in total. The zero-order valence-electron chi connectivity index (χ0n) is 25.2. The summed E-state index contributed by atoms with van der Waals surface area (Å²) >= 11 is 0. The van der Waals surface area contributed by atoms with Gasteiger partial charge >= 0.3 is 0 Å². The topological polar surface area (TPSA) is 0 Å². The van der Waals surface area contributed by atoms with E-state index in [-0.39, 0.29) is 0 Å². The molecule has 0 saturated carbocycles. The molecule has 10 aromatic carbocycles. The molecule has 0 saturated heterocycles. The number of rotatable bonds is 2. The highest BCUT2D eigenvalue weighted by atomic mass is 14.2. The zero-order valence-corrected chi connectivity index (χ0v) is 25.2. The molecule has 0 aromatic heterocycles. The minimum atomic E-state index is 1.23. The second kappa shape index (κ2) is 9.76. The van der Waals surface area contributed by atoms with Gasteiger partial charge < -0.3 is 0 Å². The predicted molar refractivity (Wildman–Crippen MR) is 200 cm³/mol. The van der Waals surface area contributed by atoms with Crippen LogP contribution in [-0.4, -0.2) is 0 Å². The Morgan fingerprint density at radius 2 is 0.696 bits per heavy atom. The largest absolute Gasteiger partial charge is 0.0616 e. The summed E-state index contributed by atoms with van der Waals surface area (Å²) in [5.41, 5.74) is 5.01. The SMILES string of the molecule is c1ccc2cc(-c3c(-c4ccc5c(c4)c4ccccc4c4c6ccccc6c6ccccc6c54)ccc4ccccc34)ccc2c1. The summed E-state index contributed by atoms with van der Waals surface area (Å²) in [4.78, 5) is 0. The molecule has 0 heteroatoms. The molecule has 0 amide bonds. The lowest BCUT2D eigenvalue weighted by atomic mass is 9.85. The third-order valence-electron chi connectivity index (χ3n) is 9.99. The van der Waals surface area contributed by atoms with E-state index >= 15 is 0 Å². The molecule has 0 aliphatic rings. The molecule has 0 N–H and O–H groups in total. The average molecular weight is 581 g/mol. The van der Waals surface area contributed by atoms with Gasteiger partial charge in [0, 0.05) is 0 Å². The molecular weight excluding hydrogens is 553 g/mol. The third-order valence-corrected chi connectivity index (χ3v) is 9.99. The van der Waals surface area contributed by atoms with Gasteiger partial charge in [-0.25, -0.2) is 0 Å². The highest BCUT2D eigenvalue weighted by Gasteiger charge is 2.18. The first-order valence-electron chi connectivity index (χ1n) is 16.0. The highest BCUT2D eigenvalue weighted by molar-refractivity contribution is 6.39. The van der Waals surface area contributed by atoms with Crippen molar-refractivity contribution in [2.75, 3.05) is 0 Å². The van der Waals surface area contributed by atoms with Crippen LogP contribution < -0.4 is 0 Å². The van der Waals surface area contributed by atoms with Crippen molar-refractivity contribution in [3.05, 3.63) is 170 Å². The van der Waals surface area contributed by atoms with E-state index in [2.05, 4.69) is 170 Å². The predicted octanol–water partition coefficient (Wildman–Crippen LogP) is 13.1. The monoisotopic (exact) mass is 580 g/mol. The van der Waals surface area contributed by atoms with Crippen molar-refractivity contribution in [2.24, 2.45) is 0 Å². The number of hydrogen-bond acceptors (Lipinski definition) is 0. The molecule has 10 rings (SSSR count). The molecule has 0 aliphatic carbocycles. The van der Waals surface area contributed by atoms with Gasteiger partial charge in [-0.15, -0.1) is 0 Å². The fourth-order valence-corrected chi connectivity index (χ4v) is 7.96. The summed E-state index contributed by atoms with van der Waals surface area (Å²) in [6.07, 6.45) is 0. The van der Waals surface area contributed by atoms with E-state index in [1.54, 1.807) is 0 Å². The van der Waals surface area contributed by atoms with Crippen molar-refractivity contribution in [1.82, 2.24) is 0 Å². The van der Waals surface area contributed by atoms with Gasteiger partial charge in [-0.05, 0) is 110 Å². The number of fused-ring (bicyclic) bond motifs is 13. The van der Waals surface area contributed by atoms with E-state index in [1.165, 1.54) is 97.7 Å². The molecule has 10 aromatic rings. The van der Waals surface area contributed by atoms with Crippen LogP contribution >= 0.6 is 0 Å². The van der Waals surface area contributed by atoms with Crippen LogP contribution in [0.4, 0.5) is 0 Å². The normalized spacial score (nSPS) is 11.9. The quantitative estimate of drug-likeness (QED) is 0.178. The second-order valence-corrected chi connectivity index (χ2v) is 12.4. The second-order valence-electron chi connectivity index (χ2n) is 12.4. The van der Waals surface area contributed by atoms with E-state index in [1.807, 2.05) is 0 Å². The van der Waals surface area contributed by atoms with E-state index in [0.29, 0.717) is 0 Å². The molecule has 212 valence electrons. The number of hydrogen-bond donors (Lipinski definition) is 0. The van der Waals surface area contributed by atoms with Gasteiger partial charge in [-0.3, -0.25) is 0 Å². The molecule has 0 fully saturated rings. The first-order chi connectivity index (χ1) is 22.8. The fourth-order valence-electron chi connectivity index (χ4n) is 7.96. The zero-order chi connectivity index (χ0) is 30.2. The van der Waals surface area contributed by atoms with Crippen LogP contribution in [0.1, 0.15) is 0 Å². The number of benzene rings is 10. The summed E-state index contributed by atoms with van der Waals surface area (Å²) in [6.45, 7) is 0. The van der Waals surface area contributed by atoms with E-state index < -0.39 is 0 Å². The maximum atomic E-state index is 2.44. The van der Waals surface area contributed by atoms with Gasteiger partial charge in [0.1, 0.15) is 0 Å². The van der Waals surface area contributed by atoms with Crippen molar-refractivity contribution >= 4 is 75.4 Å². The Kier molecular flexibility index (Phi) is 5.38. The van der Waals surface area contributed by atoms with E-state index in [4.69, 9.17) is 0 Å². The standard InChI is InChI=1S/C46H28/c1-2-13-31-27-33(22-21-29(31)11-1)44-34-14-4-3-12-30(34)23-25-35(44)32-24-26-42-43(28-32)38-17-7-10-20-41(38)45-39-18-8-5-15-36(39)37-16-6-9-19-40(37)46(42)45/h1-28H. The lowest BCUT2D eigenvalue weighted by Gasteiger charge is -2.18. The minimum absolute atomic E-state index is 1.23. The van der Waals surface area contributed by atoms with Crippen molar-refractivity contribution in [3.63, 3.8) is 0 Å². The van der Waals surface area contributed by atoms with Crippen LogP contribution in [-0.2, 0) is 0 Å². The summed E-state index contributed by atoms with van der Waals surface area (Å²) in [5.74, 6) is 0. The molecule has 0 atom stereocenters. The average Bonchev–Trinajstić information content (AvgIpc) is 3.13. The maximum Gasteiger partial charge on any atom is -0.00139 e. The summed E-state index contributed by atoms with van der Waals surface area (Å²) < 4.78 is 0. The lowest BCUT2D eigenvalue weighted by Crippen LogP contribution is -1.91. The van der Waals surface area contributed by atoms with E-state index in [9.17, 15) is 0 Å². The summed E-state index contributed by atoms with van der Waals surface area (Å²) in [6, 6.07) is 62.8. The molecule has 0 aliphatic heterocycles.